The van der Waals surface area contributed by atoms with Crippen molar-refractivity contribution >= 4 is 22.6 Å². The number of amides is 1. The lowest BCUT2D eigenvalue weighted by molar-refractivity contribution is 0.102. The van der Waals surface area contributed by atoms with Crippen molar-refractivity contribution in [3.63, 3.8) is 0 Å². The van der Waals surface area contributed by atoms with Gasteiger partial charge in [-0.15, -0.1) is 0 Å². The van der Waals surface area contributed by atoms with Crippen LogP contribution < -0.4 is 15.7 Å². The number of rotatable bonds is 4. The second-order valence-electron chi connectivity index (χ2n) is 5.65. The van der Waals surface area contributed by atoms with Gasteiger partial charge in [-0.1, -0.05) is 0 Å². The third-order valence-electron chi connectivity index (χ3n) is 3.37. The van der Waals surface area contributed by atoms with Gasteiger partial charge in [0.05, 0.1) is 6.10 Å². The van der Waals surface area contributed by atoms with Gasteiger partial charge in [0.15, 0.2) is 0 Å². The highest BCUT2D eigenvalue weighted by Crippen LogP contribution is 2.19. The number of hydrogen-bond donors (Lipinski definition) is 1. The van der Waals surface area contributed by atoms with E-state index >= 15 is 0 Å². The number of nitrogens with one attached hydrogen (secondary N) is 1. The Bertz CT molecular complexity index is 926. The summed E-state index contributed by atoms with van der Waals surface area (Å²) < 4.78 is 10.6. The zero-order valence-electron chi connectivity index (χ0n) is 13.4. The minimum Gasteiger partial charge on any atom is -0.491 e. The highest BCUT2D eigenvalue weighted by Gasteiger charge is 2.08. The Hall–Kier alpha value is -3.08. The molecule has 0 saturated heterocycles. The van der Waals surface area contributed by atoms with Crippen LogP contribution in [0.5, 0.6) is 5.75 Å². The van der Waals surface area contributed by atoms with Gasteiger partial charge in [0, 0.05) is 22.7 Å². The fourth-order valence-electron chi connectivity index (χ4n) is 2.31. The van der Waals surface area contributed by atoms with Crippen LogP contribution in [0.4, 0.5) is 5.69 Å². The summed E-state index contributed by atoms with van der Waals surface area (Å²) in [6.07, 6.45) is 0.0855. The lowest BCUT2D eigenvalue weighted by Gasteiger charge is -2.10. The average Bonchev–Trinajstić information content (AvgIpc) is 2.55. The van der Waals surface area contributed by atoms with E-state index in [1.165, 1.54) is 6.07 Å². The van der Waals surface area contributed by atoms with Crippen LogP contribution in [0.1, 0.15) is 24.2 Å². The van der Waals surface area contributed by atoms with Crippen molar-refractivity contribution in [2.45, 2.75) is 20.0 Å². The first-order chi connectivity index (χ1) is 11.5. The second-order valence-corrected chi connectivity index (χ2v) is 5.65. The molecule has 3 rings (SSSR count). The summed E-state index contributed by atoms with van der Waals surface area (Å²) in [4.78, 5) is 23.5. The molecular weight excluding hydrogens is 306 g/mol. The van der Waals surface area contributed by atoms with E-state index in [1.54, 1.807) is 48.5 Å². The van der Waals surface area contributed by atoms with E-state index in [9.17, 15) is 9.59 Å². The summed E-state index contributed by atoms with van der Waals surface area (Å²) in [5.41, 5.74) is 1.24. The van der Waals surface area contributed by atoms with Gasteiger partial charge >= 0.3 is 5.63 Å². The fraction of sp³-hybridized carbons (Fsp3) is 0.158. The Balaban J connectivity index is 1.76. The van der Waals surface area contributed by atoms with Gasteiger partial charge in [-0.05, 0) is 62.4 Å². The number of carbonyl (C=O) groups is 1. The largest absolute Gasteiger partial charge is 0.491 e. The normalized spacial score (nSPS) is 10.8. The number of fused-ring (bicyclic) bond motifs is 1. The molecule has 0 aliphatic carbocycles. The molecule has 0 aliphatic rings. The van der Waals surface area contributed by atoms with Gasteiger partial charge in [0.1, 0.15) is 11.3 Å². The van der Waals surface area contributed by atoms with E-state index in [0.717, 1.165) is 11.1 Å². The highest BCUT2D eigenvalue weighted by molar-refractivity contribution is 6.05. The third-order valence-corrected chi connectivity index (χ3v) is 3.37. The summed E-state index contributed by atoms with van der Waals surface area (Å²) in [6, 6.07) is 15.1. The van der Waals surface area contributed by atoms with Gasteiger partial charge < -0.3 is 14.5 Å². The first-order valence-corrected chi connectivity index (χ1v) is 7.63. The number of anilines is 1. The fourth-order valence-corrected chi connectivity index (χ4v) is 2.31. The van der Waals surface area contributed by atoms with Gasteiger partial charge in [0.2, 0.25) is 0 Å². The molecule has 2 aromatic carbocycles. The SMILES string of the molecule is CC(C)Oc1ccc(C(=O)Nc2ccc3oc(=O)ccc3c2)cc1. The zero-order valence-corrected chi connectivity index (χ0v) is 13.4. The van der Waals surface area contributed by atoms with E-state index in [4.69, 9.17) is 9.15 Å². The Kier molecular flexibility index (Phi) is 4.33. The first-order valence-electron chi connectivity index (χ1n) is 7.63. The van der Waals surface area contributed by atoms with Gasteiger partial charge in [-0.25, -0.2) is 4.79 Å². The molecule has 0 radical (unpaired) electrons. The van der Waals surface area contributed by atoms with Crippen molar-refractivity contribution in [1.82, 2.24) is 0 Å². The quantitative estimate of drug-likeness (QED) is 0.741. The number of hydrogen-bond acceptors (Lipinski definition) is 4. The van der Waals surface area contributed by atoms with Crippen molar-refractivity contribution in [1.29, 1.82) is 0 Å². The maximum Gasteiger partial charge on any atom is 0.336 e. The predicted octanol–water partition coefficient (Wildman–Crippen LogP) is 3.83. The minimum atomic E-state index is -0.400. The first kappa shape index (κ1) is 15.8. The molecule has 5 heteroatoms. The number of carbonyl (C=O) groups excluding carboxylic acids is 1. The molecule has 1 amide bonds. The molecular formula is C19H17NO4. The van der Waals surface area contributed by atoms with Crippen LogP contribution in [0, 0.1) is 0 Å². The Morgan fingerprint density at radius 2 is 1.79 bits per heavy atom. The van der Waals surface area contributed by atoms with Crippen molar-refractivity contribution in [2.75, 3.05) is 5.32 Å². The zero-order chi connectivity index (χ0) is 17.1. The number of ether oxygens (including phenoxy) is 1. The Morgan fingerprint density at radius 3 is 2.50 bits per heavy atom. The predicted molar refractivity (Wildman–Crippen MR) is 92.6 cm³/mol. The van der Waals surface area contributed by atoms with Gasteiger partial charge in [0.25, 0.3) is 5.91 Å². The van der Waals surface area contributed by atoms with Crippen molar-refractivity contribution in [2.24, 2.45) is 0 Å². The molecule has 0 unspecified atom stereocenters. The van der Waals surface area contributed by atoms with Crippen LogP contribution in [0.25, 0.3) is 11.0 Å². The molecule has 1 N–H and O–H groups in total. The van der Waals surface area contributed by atoms with Crippen LogP contribution in [0.2, 0.25) is 0 Å². The molecule has 1 aromatic heterocycles. The monoisotopic (exact) mass is 323 g/mol. The van der Waals surface area contributed by atoms with Crippen molar-refractivity contribution < 1.29 is 13.9 Å². The molecule has 0 spiro atoms. The summed E-state index contributed by atoms with van der Waals surface area (Å²) >= 11 is 0. The second kappa shape index (κ2) is 6.58. The van der Waals surface area contributed by atoms with Crippen LogP contribution in [0.3, 0.4) is 0 Å². The molecule has 1 heterocycles. The standard InChI is InChI=1S/C19H17NO4/c1-12(2)23-16-7-3-13(4-8-16)19(22)20-15-6-9-17-14(11-15)5-10-18(21)24-17/h3-12H,1-2H3,(H,20,22). The van der Waals surface area contributed by atoms with E-state index in [0.29, 0.717) is 16.8 Å². The lowest BCUT2D eigenvalue weighted by atomic mass is 10.2. The van der Waals surface area contributed by atoms with Gasteiger partial charge in [-0.3, -0.25) is 4.79 Å². The molecule has 3 aromatic rings. The topological polar surface area (TPSA) is 68.5 Å². The van der Waals surface area contributed by atoms with Crippen LogP contribution >= 0.6 is 0 Å². The molecule has 24 heavy (non-hydrogen) atoms. The molecule has 5 nitrogen and oxygen atoms in total. The lowest BCUT2D eigenvalue weighted by Crippen LogP contribution is -2.12. The van der Waals surface area contributed by atoms with E-state index < -0.39 is 5.63 Å². The number of benzene rings is 2. The van der Waals surface area contributed by atoms with Crippen LogP contribution in [-0.4, -0.2) is 12.0 Å². The maximum absolute atomic E-state index is 12.3. The summed E-state index contributed by atoms with van der Waals surface area (Å²) in [6.45, 7) is 3.89. The third kappa shape index (κ3) is 3.63. The van der Waals surface area contributed by atoms with E-state index in [1.807, 2.05) is 13.8 Å². The van der Waals surface area contributed by atoms with Crippen molar-refractivity contribution in [3.8, 4) is 5.75 Å². The van der Waals surface area contributed by atoms with E-state index in [2.05, 4.69) is 5.32 Å². The van der Waals surface area contributed by atoms with Gasteiger partial charge in [-0.2, -0.15) is 0 Å². The molecule has 0 atom stereocenters. The summed E-state index contributed by atoms with van der Waals surface area (Å²) in [7, 11) is 0. The molecule has 0 aliphatic heterocycles. The Labute approximate surface area is 138 Å². The van der Waals surface area contributed by atoms with E-state index in [-0.39, 0.29) is 12.0 Å². The highest BCUT2D eigenvalue weighted by atomic mass is 16.5. The molecule has 0 fully saturated rings. The average molecular weight is 323 g/mol. The van der Waals surface area contributed by atoms with Crippen molar-refractivity contribution in [3.05, 3.63) is 70.6 Å². The molecule has 122 valence electrons. The smallest absolute Gasteiger partial charge is 0.336 e. The summed E-state index contributed by atoms with van der Waals surface area (Å²) in [5, 5.41) is 3.57. The van der Waals surface area contributed by atoms with Crippen LogP contribution in [-0.2, 0) is 0 Å². The minimum absolute atomic E-state index is 0.0855. The molecule has 0 saturated carbocycles. The Morgan fingerprint density at radius 1 is 1.04 bits per heavy atom. The summed E-state index contributed by atoms with van der Waals surface area (Å²) in [5.74, 6) is 0.505. The maximum atomic E-state index is 12.3. The molecule has 0 bridgehead atoms. The van der Waals surface area contributed by atoms with Crippen LogP contribution in [0.15, 0.2) is 63.8 Å².